The molecule has 1 fully saturated rings. The third-order valence-corrected chi connectivity index (χ3v) is 4.89. The maximum Gasteiger partial charge on any atom is 0.166 e. The molecule has 0 saturated heterocycles. The maximum absolute atomic E-state index is 5.43. The summed E-state index contributed by atoms with van der Waals surface area (Å²) in [5.74, 6) is 0.632. The van der Waals surface area contributed by atoms with Crippen LogP contribution in [0.25, 0.3) is 0 Å². The zero-order valence-corrected chi connectivity index (χ0v) is 14.3. The van der Waals surface area contributed by atoms with E-state index in [1.54, 1.807) is 0 Å². The third kappa shape index (κ3) is 4.70. The first-order chi connectivity index (χ1) is 10.1. The first-order valence-electron chi connectivity index (χ1n) is 8.27. The van der Waals surface area contributed by atoms with Gasteiger partial charge < -0.3 is 10.6 Å². The minimum absolute atomic E-state index is 0.248. The van der Waals surface area contributed by atoms with Gasteiger partial charge in [-0.3, -0.25) is 0 Å². The second-order valence-corrected chi connectivity index (χ2v) is 6.71. The monoisotopic (exact) mass is 304 g/mol. The van der Waals surface area contributed by atoms with Crippen LogP contribution in [0.15, 0.2) is 24.3 Å². The Morgan fingerprint density at radius 1 is 1.14 bits per heavy atom. The molecule has 1 aliphatic rings. The van der Waals surface area contributed by atoms with E-state index >= 15 is 0 Å². The summed E-state index contributed by atoms with van der Waals surface area (Å²) in [7, 11) is 0. The summed E-state index contributed by atoms with van der Waals surface area (Å²) >= 11 is 5.43. The number of rotatable bonds is 5. The highest BCUT2D eigenvalue weighted by Crippen LogP contribution is 2.21. The van der Waals surface area contributed by atoms with Crippen molar-refractivity contribution < 1.29 is 0 Å². The molecule has 2 unspecified atom stereocenters. The van der Waals surface area contributed by atoms with Crippen molar-refractivity contribution in [3.8, 4) is 0 Å². The molecule has 116 valence electrons. The smallest absolute Gasteiger partial charge is 0.166 e. The van der Waals surface area contributed by atoms with Crippen LogP contribution in [0, 0.1) is 0 Å². The highest BCUT2D eigenvalue weighted by Gasteiger charge is 2.16. The van der Waals surface area contributed by atoms with Crippen LogP contribution in [0.4, 0.5) is 0 Å². The predicted molar refractivity (Wildman–Crippen MR) is 94.7 cm³/mol. The average Bonchev–Trinajstić information content (AvgIpc) is 2.99. The minimum atomic E-state index is 0.248. The molecule has 2 rings (SSSR count). The predicted octanol–water partition coefficient (Wildman–Crippen LogP) is 4.67. The summed E-state index contributed by atoms with van der Waals surface area (Å²) in [4.78, 5) is 0. The van der Waals surface area contributed by atoms with Gasteiger partial charge in [0.2, 0.25) is 0 Å². The molecule has 2 nitrogen and oxygen atoms in total. The van der Waals surface area contributed by atoms with Gasteiger partial charge in [-0.2, -0.15) is 0 Å². The topological polar surface area (TPSA) is 24.1 Å². The van der Waals surface area contributed by atoms with Gasteiger partial charge in [0.05, 0.1) is 6.04 Å². The molecule has 0 aromatic heterocycles. The Labute approximate surface area is 134 Å². The Bertz CT molecular complexity index is 449. The fraction of sp³-hybridized carbons (Fsp3) is 0.611. The maximum atomic E-state index is 5.43. The van der Waals surface area contributed by atoms with Crippen LogP contribution in [0.5, 0.6) is 0 Å². The number of hydrogen-bond donors (Lipinski definition) is 2. The lowest BCUT2D eigenvalue weighted by atomic mass is 9.96. The van der Waals surface area contributed by atoms with E-state index in [4.69, 9.17) is 12.2 Å². The van der Waals surface area contributed by atoms with Crippen molar-refractivity contribution in [1.82, 2.24) is 10.6 Å². The second-order valence-electron chi connectivity index (χ2n) is 6.30. The summed E-state index contributed by atoms with van der Waals surface area (Å²) in [6, 6.07) is 9.75. The fourth-order valence-corrected chi connectivity index (χ4v) is 3.27. The highest BCUT2D eigenvalue weighted by atomic mass is 32.1. The molecule has 0 aliphatic heterocycles. The molecule has 0 bridgehead atoms. The lowest BCUT2D eigenvalue weighted by Gasteiger charge is -2.21. The number of hydrogen-bond acceptors (Lipinski definition) is 1. The standard InChI is InChI=1S/C18H28N2S/c1-4-13(2)15-9-11-16(12-10-15)14(3)19-18(21)20-17-7-5-6-8-17/h9-14,17H,4-8H2,1-3H3,(H2,19,20,21). The van der Waals surface area contributed by atoms with Crippen LogP contribution in [0.3, 0.4) is 0 Å². The van der Waals surface area contributed by atoms with E-state index in [2.05, 4.69) is 55.7 Å². The van der Waals surface area contributed by atoms with Gasteiger partial charge in [0.1, 0.15) is 0 Å². The Morgan fingerprint density at radius 3 is 2.29 bits per heavy atom. The van der Waals surface area contributed by atoms with Crippen LogP contribution in [0.1, 0.15) is 76.0 Å². The van der Waals surface area contributed by atoms with Crippen molar-refractivity contribution in [3.63, 3.8) is 0 Å². The molecule has 0 heterocycles. The number of nitrogens with one attached hydrogen (secondary N) is 2. The van der Waals surface area contributed by atoms with E-state index in [1.165, 1.54) is 43.2 Å². The summed E-state index contributed by atoms with van der Waals surface area (Å²) in [6.45, 7) is 6.67. The average molecular weight is 305 g/mol. The first kappa shape index (κ1) is 16.3. The number of thiocarbonyl (C=S) groups is 1. The quantitative estimate of drug-likeness (QED) is 0.773. The molecule has 2 atom stereocenters. The van der Waals surface area contributed by atoms with Crippen LogP contribution in [-0.2, 0) is 0 Å². The van der Waals surface area contributed by atoms with E-state index in [0.717, 1.165) is 5.11 Å². The Kier molecular flexibility index (Phi) is 6.04. The molecule has 1 aromatic carbocycles. The summed E-state index contributed by atoms with van der Waals surface area (Å²) < 4.78 is 0. The van der Waals surface area contributed by atoms with Crippen molar-refractivity contribution in [1.29, 1.82) is 0 Å². The minimum Gasteiger partial charge on any atom is -0.360 e. The molecule has 1 saturated carbocycles. The Balaban J connectivity index is 1.87. The van der Waals surface area contributed by atoms with Gasteiger partial charge >= 0.3 is 0 Å². The molecular weight excluding hydrogens is 276 g/mol. The number of benzene rings is 1. The molecular formula is C18H28N2S. The van der Waals surface area contributed by atoms with Crippen LogP contribution >= 0.6 is 12.2 Å². The molecule has 21 heavy (non-hydrogen) atoms. The normalized spacial score (nSPS) is 18.2. The van der Waals surface area contributed by atoms with E-state index in [-0.39, 0.29) is 6.04 Å². The van der Waals surface area contributed by atoms with Crippen LogP contribution < -0.4 is 10.6 Å². The molecule has 0 amide bonds. The van der Waals surface area contributed by atoms with Crippen LogP contribution in [0.2, 0.25) is 0 Å². The van der Waals surface area contributed by atoms with Crippen molar-refractivity contribution in [2.24, 2.45) is 0 Å². The third-order valence-electron chi connectivity index (χ3n) is 4.66. The van der Waals surface area contributed by atoms with Gasteiger partial charge in [-0.25, -0.2) is 0 Å². The van der Waals surface area contributed by atoms with Crippen molar-refractivity contribution in [2.45, 2.75) is 70.9 Å². The van der Waals surface area contributed by atoms with Gasteiger partial charge in [0.25, 0.3) is 0 Å². The van der Waals surface area contributed by atoms with Gasteiger partial charge in [0, 0.05) is 6.04 Å². The van der Waals surface area contributed by atoms with Crippen molar-refractivity contribution >= 4 is 17.3 Å². The molecule has 1 aromatic rings. The van der Waals surface area contributed by atoms with Gasteiger partial charge in [-0.1, -0.05) is 51.0 Å². The Hall–Kier alpha value is -1.09. The lowest BCUT2D eigenvalue weighted by Crippen LogP contribution is -2.41. The first-order valence-corrected chi connectivity index (χ1v) is 8.67. The van der Waals surface area contributed by atoms with E-state index in [1.807, 2.05) is 0 Å². The summed E-state index contributed by atoms with van der Waals surface area (Å²) in [5.41, 5.74) is 2.71. The van der Waals surface area contributed by atoms with Gasteiger partial charge in [-0.15, -0.1) is 0 Å². The molecule has 0 radical (unpaired) electrons. The van der Waals surface area contributed by atoms with Crippen molar-refractivity contribution in [3.05, 3.63) is 35.4 Å². The molecule has 0 spiro atoms. The fourth-order valence-electron chi connectivity index (χ4n) is 2.93. The van der Waals surface area contributed by atoms with Crippen LogP contribution in [-0.4, -0.2) is 11.2 Å². The second kappa shape index (κ2) is 7.79. The van der Waals surface area contributed by atoms with E-state index < -0.39 is 0 Å². The molecule has 1 aliphatic carbocycles. The highest BCUT2D eigenvalue weighted by molar-refractivity contribution is 7.80. The lowest BCUT2D eigenvalue weighted by molar-refractivity contribution is 0.605. The zero-order chi connectivity index (χ0) is 15.2. The van der Waals surface area contributed by atoms with Crippen molar-refractivity contribution in [2.75, 3.05) is 0 Å². The zero-order valence-electron chi connectivity index (χ0n) is 13.5. The Morgan fingerprint density at radius 2 is 1.71 bits per heavy atom. The summed E-state index contributed by atoms with van der Waals surface area (Å²) in [5, 5.41) is 7.64. The van der Waals surface area contributed by atoms with E-state index in [0.29, 0.717) is 12.0 Å². The van der Waals surface area contributed by atoms with Gasteiger partial charge in [-0.05, 0) is 55.4 Å². The SMILES string of the molecule is CCC(C)c1ccc(C(C)NC(=S)NC2CCCC2)cc1. The summed E-state index contributed by atoms with van der Waals surface area (Å²) in [6.07, 6.45) is 6.34. The van der Waals surface area contributed by atoms with Gasteiger partial charge in [0.15, 0.2) is 5.11 Å². The largest absolute Gasteiger partial charge is 0.360 e. The van der Waals surface area contributed by atoms with E-state index in [9.17, 15) is 0 Å². The molecule has 3 heteroatoms. The molecule has 2 N–H and O–H groups in total.